The molecule has 0 radical (unpaired) electrons. The smallest absolute Gasteiger partial charge is 0.314 e. The lowest BCUT2D eigenvalue weighted by Crippen LogP contribution is -2.37. The van der Waals surface area contributed by atoms with E-state index < -0.39 is 0 Å². The molecule has 4 nitrogen and oxygen atoms in total. The minimum Gasteiger partial charge on any atom is -0.508 e. The van der Waals surface area contributed by atoms with Crippen molar-refractivity contribution < 1.29 is 9.90 Å². The van der Waals surface area contributed by atoms with Crippen molar-refractivity contribution in [3.05, 3.63) is 65.2 Å². The van der Waals surface area contributed by atoms with Crippen LogP contribution in [0.3, 0.4) is 0 Å². The van der Waals surface area contributed by atoms with Crippen molar-refractivity contribution >= 4 is 6.03 Å². The van der Waals surface area contributed by atoms with Crippen LogP contribution in [0.2, 0.25) is 0 Å². The second-order valence-electron chi connectivity index (χ2n) is 5.28. The Morgan fingerprint density at radius 3 is 2.27 bits per heavy atom. The summed E-state index contributed by atoms with van der Waals surface area (Å²) in [6, 6.07) is 15.1. The zero-order valence-corrected chi connectivity index (χ0v) is 12.8. The van der Waals surface area contributed by atoms with Crippen molar-refractivity contribution in [1.29, 1.82) is 0 Å². The van der Waals surface area contributed by atoms with Crippen LogP contribution in [0.15, 0.2) is 48.5 Å². The number of hydrogen-bond donors (Lipinski definition) is 3. The molecule has 0 aliphatic carbocycles. The monoisotopic (exact) mass is 298 g/mol. The van der Waals surface area contributed by atoms with Gasteiger partial charge in [0.05, 0.1) is 0 Å². The number of nitrogens with one attached hydrogen (secondary N) is 2. The number of aryl methyl sites for hydroxylation is 1. The molecule has 22 heavy (non-hydrogen) atoms. The fourth-order valence-corrected chi connectivity index (χ4v) is 2.25. The number of carbonyl (C=O) groups is 1. The largest absolute Gasteiger partial charge is 0.508 e. The highest BCUT2D eigenvalue weighted by atomic mass is 16.3. The van der Waals surface area contributed by atoms with E-state index in [1.54, 1.807) is 12.1 Å². The molecule has 0 bridgehead atoms. The molecule has 3 N–H and O–H groups in total. The Bertz CT molecular complexity index is 609. The van der Waals surface area contributed by atoms with Gasteiger partial charge in [0.1, 0.15) is 5.75 Å². The Kier molecular flexibility index (Phi) is 5.83. The highest BCUT2D eigenvalue weighted by Crippen LogP contribution is 2.09. The summed E-state index contributed by atoms with van der Waals surface area (Å²) in [7, 11) is 0. The fourth-order valence-electron chi connectivity index (χ4n) is 2.25. The van der Waals surface area contributed by atoms with Gasteiger partial charge >= 0.3 is 6.03 Å². The van der Waals surface area contributed by atoms with Crippen LogP contribution in [0, 0.1) is 6.92 Å². The van der Waals surface area contributed by atoms with Gasteiger partial charge in [-0.15, -0.1) is 0 Å². The van der Waals surface area contributed by atoms with Crippen LogP contribution in [0.4, 0.5) is 4.79 Å². The molecule has 2 amide bonds. The predicted octanol–water partition coefficient (Wildman–Crippen LogP) is 2.79. The summed E-state index contributed by atoms with van der Waals surface area (Å²) >= 11 is 0. The summed E-state index contributed by atoms with van der Waals surface area (Å²) in [6.45, 7) is 3.27. The maximum Gasteiger partial charge on any atom is 0.314 e. The van der Waals surface area contributed by atoms with Gasteiger partial charge < -0.3 is 15.7 Å². The van der Waals surface area contributed by atoms with E-state index in [2.05, 4.69) is 29.7 Å². The molecule has 0 saturated heterocycles. The number of amides is 2. The van der Waals surface area contributed by atoms with E-state index in [-0.39, 0.29) is 11.8 Å². The lowest BCUT2D eigenvalue weighted by atomic mass is 10.1. The van der Waals surface area contributed by atoms with E-state index in [9.17, 15) is 9.90 Å². The lowest BCUT2D eigenvalue weighted by molar-refractivity contribution is 0.241. The van der Waals surface area contributed by atoms with Crippen molar-refractivity contribution in [3.63, 3.8) is 0 Å². The first-order chi connectivity index (χ1) is 10.6. The molecule has 0 aliphatic rings. The van der Waals surface area contributed by atoms with Crippen molar-refractivity contribution in [2.75, 3.05) is 13.1 Å². The molecule has 116 valence electrons. The van der Waals surface area contributed by atoms with Gasteiger partial charge in [-0.2, -0.15) is 0 Å². The van der Waals surface area contributed by atoms with Crippen LogP contribution in [0.25, 0.3) is 0 Å². The quantitative estimate of drug-likeness (QED) is 0.768. The van der Waals surface area contributed by atoms with Gasteiger partial charge in [0.25, 0.3) is 0 Å². The average Bonchev–Trinajstić information content (AvgIpc) is 2.51. The Morgan fingerprint density at radius 2 is 1.59 bits per heavy atom. The Balaban J connectivity index is 1.64. The zero-order chi connectivity index (χ0) is 15.8. The van der Waals surface area contributed by atoms with Gasteiger partial charge in [-0.25, -0.2) is 4.79 Å². The first-order valence-corrected chi connectivity index (χ1v) is 7.49. The summed E-state index contributed by atoms with van der Waals surface area (Å²) in [6.07, 6.45) is 1.57. The van der Waals surface area contributed by atoms with Crippen LogP contribution in [-0.4, -0.2) is 24.2 Å². The molecule has 2 rings (SSSR count). The third-order valence-corrected chi connectivity index (χ3v) is 3.58. The average molecular weight is 298 g/mol. The van der Waals surface area contributed by atoms with Gasteiger partial charge in [0.15, 0.2) is 0 Å². The standard InChI is InChI=1S/C18H22N2O2/c1-14-4-2-3-5-16(14)11-13-20-18(22)19-12-10-15-6-8-17(21)9-7-15/h2-9,21H,10-13H2,1H3,(H2,19,20,22). The summed E-state index contributed by atoms with van der Waals surface area (Å²) in [4.78, 5) is 11.7. The van der Waals surface area contributed by atoms with E-state index in [4.69, 9.17) is 0 Å². The van der Waals surface area contributed by atoms with Crippen LogP contribution in [0.5, 0.6) is 5.75 Å². The molecule has 0 spiro atoms. The summed E-state index contributed by atoms with van der Waals surface area (Å²) < 4.78 is 0. The molecule has 0 saturated carbocycles. The molecule has 4 heteroatoms. The summed E-state index contributed by atoms with van der Waals surface area (Å²) in [5.74, 6) is 0.255. The summed E-state index contributed by atoms with van der Waals surface area (Å²) in [5, 5.41) is 14.9. The fraction of sp³-hybridized carbons (Fsp3) is 0.278. The minimum absolute atomic E-state index is 0.146. The van der Waals surface area contributed by atoms with Crippen molar-refractivity contribution in [3.8, 4) is 5.75 Å². The highest BCUT2D eigenvalue weighted by molar-refractivity contribution is 5.73. The normalized spacial score (nSPS) is 10.2. The van der Waals surface area contributed by atoms with Gasteiger partial charge in [0, 0.05) is 13.1 Å². The number of phenols is 1. The maximum absolute atomic E-state index is 11.7. The molecular formula is C18H22N2O2. The number of hydrogen-bond acceptors (Lipinski definition) is 2. The number of carbonyl (C=O) groups excluding carboxylic acids is 1. The molecule has 2 aromatic rings. The lowest BCUT2D eigenvalue weighted by Gasteiger charge is -2.09. The van der Waals surface area contributed by atoms with E-state index >= 15 is 0 Å². The SMILES string of the molecule is Cc1ccccc1CCNC(=O)NCCc1ccc(O)cc1. The molecule has 0 heterocycles. The van der Waals surface area contributed by atoms with E-state index in [1.165, 1.54) is 11.1 Å². The van der Waals surface area contributed by atoms with Crippen molar-refractivity contribution in [1.82, 2.24) is 10.6 Å². The van der Waals surface area contributed by atoms with Gasteiger partial charge in [-0.1, -0.05) is 36.4 Å². The summed E-state index contributed by atoms with van der Waals surface area (Å²) in [5.41, 5.74) is 3.59. The van der Waals surface area contributed by atoms with Crippen molar-refractivity contribution in [2.45, 2.75) is 19.8 Å². The highest BCUT2D eigenvalue weighted by Gasteiger charge is 2.01. The van der Waals surface area contributed by atoms with E-state index in [0.29, 0.717) is 13.1 Å². The van der Waals surface area contributed by atoms with Gasteiger partial charge in [0.2, 0.25) is 0 Å². The Morgan fingerprint density at radius 1 is 0.955 bits per heavy atom. The second kappa shape index (κ2) is 8.08. The van der Waals surface area contributed by atoms with Crippen molar-refractivity contribution in [2.24, 2.45) is 0 Å². The van der Waals surface area contributed by atoms with Gasteiger partial charge in [-0.3, -0.25) is 0 Å². The number of urea groups is 1. The predicted molar refractivity (Wildman–Crippen MR) is 88.1 cm³/mol. The van der Waals surface area contributed by atoms with Crippen LogP contribution in [0.1, 0.15) is 16.7 Å². The van der Waals surface area contributed by atoms with Crippen LogP contribution >= 0.6 is 0 Å². The molecule has 2 aromatic carbocycles. The van der Waals surface area contributed by atoms with Gasteiger partial charge in [-0.05, 0) is 48.6 Å². The van der Waals surface area contributed by atoms with E-state index in [0.717, 1.165) is 18.4 Å². The van der Waals surface area contributed by atoms with E-state index in [1.807, 2.05) is 24.3 Å². The maximum atomic E-state index is 11.7. The molecule has 0 aliphatic heterocycles. The third kappa shape index (κ3) is 5.13. The minimum atomic E-state index is -0.146. The third-order valence-electron chi connectivity index (χ3n) is 3.58. The first kappa shape index (κ1) is 15.9. The van der Waals surface area contributed by atoms with Crippen LogP contribution < -0.4 is 10.6 Å². The molecule has 0 unspecified atom stereocenters. The Hall–Kier alpha value is -2.49. The Labute approximate surface area is 131 Å². The number of phenolic OH excluding ortho intramolecular Hbond substituents is 1. The zero-order valence-electron chi connectivity index (χ0n) is 12.8. The molecule has 0 atom stereocenters. The second-order valence-corrected chi connectivity index (χ2v) is 5.28. The number of benzene rings is 2. The van der Waals surface area contributed by atoms with Crippen LogP contribution in [-0.2, 0) is 12.8 Å². The molecule has 0 fully saturated rings. The number of aromatic hydroxyl groups is 1. The number of rotatable bonds is 6. The first-order valence-electron chi connectivity index (χ1n) is 7.49. The molecule has 0 aromatic heterocycles. The topological polar surface area (TPSA) is 61.4 Å². The molecular weight excluding hydrogens is 276 g/mol.